The van der Waals surface area contributed by atoms with Gasteiger partial charge in [-0.1, -0.05) is 60.7 Å². The molecule has 29 heavy (non-hydrogen) atoms. The highest BCUT2D eigenvalue weighted by Gasteiger charge is 2.10. The van der Waals surface area contributed by atoms with Crippen LogP contribution in [0.25, 0.3) is 0 Å². The van der Waals surface area contributed by atoms with Crippen molar-refractivity contribution >= 4 is 6.09 Å². The lowest BCUT2D eigenvalue weighted by Gasteiger charge is -2.20. The predicted molar refractivity (Wildman–Crippen MR) is 118 cm³/mol. The summed E-state index contributed by atoms with van der Waals surface area (Å²) >= 11 is 0. The number of hydrogen-bond donors (Lipinski definition) is 5. The molecule has 0 spiro atoms. The van der Waals surface area contributed by atoms with Gasteiger partial charge in [0.05, 0.1) is 0 Å². The van der Waals surface area contributed by atoms with E-state index < -0.39 is 6.09 Å². The lowest BCUT2D eigenvalue weighted by atomic mass is 9.99. The summed E-state index contributed by atoms with van der Waals surface area (Å²) in [6.07, 6.45) is 2.87. The molecular formula is C23H34N4O2. The van der Waals surface area contributed by atoms with Crippen LogP contribution in [0.4, 0.5) is 4.79 Å². The third-order valence-electron chi connectivity index (χ3n) is 4.70. The summed E-state index contributed by atoms with van der Waals surface area (Å²) in [5, 5.41) is 21.3. The molecule has 0 aromatic heterocycles. The Kier molecular flexibility index (Phi) is 11.5. The van der Waals surface area contributed by atoms with E-state index in [0.717, 1.165) is 52.0 Å². The number of unbranched alkanes of at least 4 members (excludes halogenated alkanes) is 1. The van der Waals surface area contributed by atoms with Crippen molar-refractivity contribution in [3.05, 3.63) is 71.8 Å². The molecule has 2 aromatic carbocycles. The van der Waals surface area contributed by atoms with Gasteiger partial charge >= 0.3 is 6.09 Å². The highest BCUT2D eigenvalue weighted by molar-refractivity contribution is 5.64. The smallest absolute Gasteiger partial charge is 0.404 e. The fraction of sp³-hybridized carbons (Fsp3) is 0.435. The summed E-state index contributed by atoms with van der Waals surface area (Å²) in [5.74, 6) is 0. The highest BCUT2D eigenvalue weighted by Crippen LogP contribution is 2.09. The second-order valence-corrected chi connectivity index (χ2v) is 7.15. The van der Waals surface area contributed by atoms with Gasteiger partial charge in [-0.25, -0.2) is 4.79 Å². The zero-order valence-corrected chi connectivity index (χ0v) is 17.1. The molecule has 6 heteroatoms. The third-order valence-corrected chi connectivity index (χ3v) is 4.70. The van der Waals surface area contributed by atoms with E-state index in [1.165, 1.54) is 11.1 Å². The Labute approximate surface area is 174 Å². The Bertz CT molecular complexity index is 626. The lowest BCUT2D eigenvalue weighted by Crippen LogP contribution is -2.41. The van der Waals surface area contributed by atoms with E-state index in [0.29, 0.717) is 12.6 Å². The molecular weight excluding hydrogens is 364 g/mol. The number of nitrogens with one attached hydrogen (secondary N) is 4. The SMILES string of the molecule is O=C(O)NCCCCNCCNCNC(Cc1ccccc1)Cc1ccccc1. The topological polar surface area (TPSA) is 85.4 Å². The summed E-state index contributed by atoms with van der Waals surface area (Å²) in [7, 11) is 0. The number of carbonyl (C=O) groups is 1. The van der Waals surface area contributed by atoms with Gasteiger partial charge in [-0.05, 0) is 43.4 Å². The van der Waals surface area contributed by atoms with Crippen LogP contribution in [0.1, 0.15) is 24.0 Å². The minimum absolute atomic E-state index is 0.377. The average molecular weight is 399 g/mol. The Morgan fingerprint density at radius 2 is 1.31 bits per heavy atom. The van der Waals surface area contributed by atoms with E-state index in [4.69, 9.17) is 5.11 Å². The summed E-state index contributed by atoms with van der Waals surface area (Å²) in [4.78, 5) is 10.3. The van der Waals surface area contributed by atoms with Crippen molar-refractivity contribution in [3.63, 3.8) is 0 Å². The monoisotopic (exact) mass is 398 g/mol. The molecule has 0 aliphatic heterocycles. The van der Waals surface area contributed by atoms with Gasteiger partial charge in [0.1, 0.15) is 0 Å². The second kappa shape index (κ2) is 14.6. The Morgan fingerprint density at radius 1 is 0.759 bits per heavy atom. The van der Waals surface area contributed by atoms with Crippen LogP contribution in [0.15, 0.2) is 60.7 Å². The molecule has 0 aliphatic carbocycles. The first-order valence-electron chi connectivity index (χ1n) is 10.4. The minimum Gasteiger partial charge on any atom is -0.465 e. The number of carboxylic acid groups (broad SMARTS) is 1. The molecule has 0 aliphatic rings. The van der Waals surface area contributed by atoms with Crippen LogP contribution in [0.5, 0.6) is 0 Å². The first kappa shape index (κ1) is 22.9. The normalized spacial score (nSPS) is 10.9. The largest absolute Gasteiger partial charge is 0.465 e. The van der Waals surface area contributed by atoms with Crippen LogP contribution >= 0.6 is 0 Å². The first-order chi connectivity index (χ1) is 14.2. The molecule has 0 bridgehead atoms. The minimum atomic E-state index is -0.951. The van der Waals surface area contributed by atoms with Crippen molar-refractivity contribution in [2.24, 2.45) is 0 Å². The molecule has 158 valence electrons. The van der Waals surface area contributed by atoms with Crippen molar-refractivity contribution in [1.82, 2.24) is 21.3 Å². The molecule has 0 unspecified atom stereocenters. The van der Waals surface area contributed by atoms with Gasteiger partial charge in [-0.2, -0.15) is 0 Å². The molecule has 0 saturated carbocycles. The van der Waals surface area contributed by atoms with Crippen molar-refractivity contribution < 1.29 is 9.90 Å². The maximum atomic E-state index is 10.3. The third kappa shape index (κ3) is 11.2. The van der Waals surface area contributed by atoms with E-state index in [1.54, 1.807) is 0 Å². The Balaban J connectivity index is 1.60. The first-order valence-corrected chi connectivity index (χ1v) is 10.4. The Morgan fingerprint density at radius 3 is 1.90 bits per heavy atom. The fourth-order valence-electron chi connectivity index (χ4n) is 3.19. The van der Waals surface area contributed by atoms with Crippen molar-refractivity contribution in [1.29, 1.82) is 0 Å². The van der Waals surface area contributed by atoms with E-state index >= 15 is 0 Å². The van der Waals surface area contributed by atoms with Gasteiger partial charge < -0.3 is 26.4 Å². The number of hydrogen-bond acceptors (Lipinski definition) is 4. The van der Waals surface area contributed by atoms with E-state index in [2.05, 4.69) is 81.9 Å². The van der Waals surface area contributed by atoms with Crippen molar-refractivity contribution in [2.45, 2.75) is 31.7 Å². The zero-order chi connectivity index (χ0) is 20.6. The standard InChI is InChI=1S/C23H34N4O2/c28-23(29)26-14-8-7-13-24-15-16-25-19-27-22(17-20-9-3-1-4-10-20)18-21-11-5-2-6-12-21/h1-6,9-12,22,24-27H,7-8,13-19H2,(H,28,29). The van der Waals surface area contributed by atoms with E-state index in [-0.39, 0.29) is 0 Å². The van der Waals surface area contributed by atoms with Crippen LogP contribution in [-0.2, 0) is 12.8 Å². The van der Waals surface area contributed by atoms with Gasteiger partial charge in [0.25, 0.3) is 0 Å². The summed E-state index contributed by atoms with van der Waals surface area (Å²) in [6, 6.07) is 21.6. The van der Waals surface area contributed by atoms with Crippen LogP contribution < -0.4 is 21.3 Å². The molecule has 0 fully saturated rings. The van der Waals surface area contributed by atoms with Gasteiger partial charge in [-0.3, -0.25) is 0 Å². The van der Waals surface area contributed by atoms with Crippen LogP contribution in [0.3, 0.4) is 0 Å². The second-order valence-electron chi connectivity index (χ2n) is 7.15. The predicted octanol–water partition coefficient (Wildman–Crippen LogP) is 2.61. The quantitative estimate of drug-likeness (QED) is 0.235. The van der Waals surface area contributed by atoms with Crippen LogP contribution in [0.2, 0.25) is 0 Å². The van der Waals surface area contributed by atoms with Gasteiger partial charge in [0.2, 0.25) is 0 Å². The molecule has 0 atom stereocenters. The molecule has 0 heterocycles. The number of benzene rings is 2. The molecule has 2 aromatic rings. The zero-order valence-electron chi connectivity index (χ0n) is 17.1. The molecule has 0 saturated heterocycles. The van der Waals surface area contributed by atoms with Gasteiger partial charge in [0.15, 0.2) is 0 Å². The summed E-state index contributed by atoms with van der Waals surface area (Å²) in [6.45, 7) is 3.98. The molecule has 1 amide bonds. The van der Waals surface area contributed by atoms with Crippen molar-refractivity contribution in [3.8, 4) is 0 Å². The lowest BCUT2D eigenvalue weighted by molar-refractivity contribution is 0.194. The van der Waals surface area contributed by atoms with E-state index in [9.17, 15) is 4.79 Å². The Hall–Kier alpha value is -2.41. The maximum Gasteiger partial charge on any atom is 0.404 e. The van der Waals surface area contributed by atoms with Crippen LogP contribution in [-0.4, -0.2) is 50.1 Å². The fourth-order valence-corrected chi connectivity index (χ4v) is 3.19. The molecule has 5 N–H and O–H groups in total. The highest BCUT2D eigenvalue weighted by atomic mass is 16.4. The van der Waals surface area contributed by atoms with Gasteiger partial charge in [-0.15, -0.1) is 0 Å². The van der Waals surface area contributed by atoms with E-state index in [1.807, 2.05) is 0 Å². The molecule has 6 nitrogen and oxygen atoms in total. The summed E-state index contributed by atoms with van der Waals surface area (Å²) < 4.78 is 0. The molecule has 2 rings (SSSR count). The van der Waals surface area contributed by atoms with Crippen molar-refractivity contribution in [2.75, 3.05) is 32.8 Å². The number of amides is 1. The van der Waals surface area contributed by atoms with Crippen LogP contribution in [0, 0.1) is 0 Å². The average Bonchev–Trinajstić information content (AvgIpc) is 2.73. The number of rotatable bonds is 15. The summed E-state index contributed by atoms with van der Waals surface area (Å²) in [5.41, 5.74) is 2.69. The maximum absolute atomic E-state index is 10.3. The van der Waals surface area contributed by atoms with Gasteiger partial charge in [0, 0.05) is 32.3 Å². The molecule has 0 radical (unpaired) electrons.